The van der Waals surface area contributed by atoms with Gasteiger partial charge >= 0.3 is 0 Å². The average molecular weight is 426 g/mol. The third-order valence-corrected chi connectivity index (χ3v) is 4.26. The van der Waals surface area contributed by atoms with Gasteiger partial charge in [-0.3, -0.25) is 19.2 Å². The van der Waals surface area contributed by atoms with Crippen molar-refractivity contribution in [1.82, 2.24) is 0 Å². The van der Waals surface area contributed by atoms with Crippen molar-refractivity contribution in [1.29, 1.82) is 0 Å². The summed E-state index contributed by atoms with van der Waals surface area (Å²) in [5.74, 6) is -3.82. The van der Waals surface area contributed by atoms with Crippen molar-refractivity contribution in [2.75, 3.05) is 0 Å². The van der Waals surface area contributed by atoms with E-state index >= 15 is 0 Å². The smallest absolute Gasteiger partial charge is 0.231 e. The molecule has 30 heavy (non-hydrogen) atoms. The Kier molecular flexibility index (Phi) is 13.6. The molecule has 0 aromatic heterocycles. The van der Waals surface area contributed by atoms with E-state index in [0.717, 1.165) is 0 Å². The summed E-state index contributed by atoms with van der Waals surface area (Å²) in [5.41, 5.74) is 27.6. The van der Waals surface area contributed by atoms with Crippen LogP contribution < -0.4 is 11.5 Å². The summed E-state index contributed by atoms with van der Waals surface area (Å²) >= 11 is 0. The first-order valence-corrected chi connectivity index (χ1v) is 9.26. The minimum absolute atomic E-state index is 0.0121. The molecule has 4 atom stereocenters. The van der Waals surface area contributed by atoms with E-state index in [1.165, 1.54) is 0 Å². The molecule has 0 bridgehead atoms. The van der Waals surface area contributed by atoms with Gasteiger partial charge in [-0.25, -0.2) is 0 Å². The van der Waals surface area contributed by atoms with Crippen molar-refractivity contribution in [2.45, 2.75) is 75.7 Å². The van der Waals surface area contributed by atoms with Gasteiger partial charge in [-0.1, -0.05) is 12.8 Å². The minimum Gasteiger partial charge on any atom is -0.383 e. The van der Waals surface area contributed by atoms with Gasteiger partial charge in [-0.05, 0) is 47.0 Å². The molecule has 0 spiro atoms. The van der Waals surface area contributed by atoms with E-state index in [0.29, 0.717) is 25.7 Å². The van der Waals surface area contributed by atoms with Crippen molar-refractivity contribution in [3.63, 3.8) is 0 Å². The molecule has 2 amide bonds. The molecule has 0 saturated carbocycles. The molecule has 0 rings (SSSR count). The van der Waals surface area contributed by atoms with Crippen LogP contribution in [0.2, 0.25) is 0 Å². The lowest BCUT2D eigenvalue weighted by Crippen LogP contribution is -2.50. The number of nitrogens with zero attached hydrogens (tertiary/aromatic N) is 6. The van der Waals surface area contributed by atoms with Crippen LogP contribution in [0.25, 0.3) is 20.9 Å². The molecule has 0 saturated heterocycles. The summed E-state index contributed by atoms with van der Waals surface area (Å²) < 4.78 is 0. The van der Waals surface area contributed by atoms with E-state index in [1.54, 1.807) is 0 Å². The summed E-state index contributed by atoms with van der Waals surface area (Å²) in [6.45, 7) is 0. The Morgan fingerprint density at radius 3 is 1.37 bits per heavy atom. The second-order valence-corrected chi connectivity index (χ2v) is 6.60. The van der Waals surface area contributed by atoms with E-state index in [-0.39, 0.29) is 25.7 Å². The number of Topliss-reactive ketones (excluding diaryl/α,β-unsaturated/α-hetero) is 2. The summed E-state index contributed by atoms with van der Waals surface area (Å²) in [5, 5.41) is 25.7. The first-order chi connectivity index (χ1) is 14.1. The van der Waals surface area contributed by atoms with Gasteiger partial charge in [-0.15, -0.1) is 0 Å². The Hall–Kier alpha value is -2.86. The van der Waals surface area contributed by atoms with Crippen LogP contribution in [0.4, 0.5) is 0 Å². The second-order valence-electron chi connectivity index (χ2n) is 6.60. The topological polar surface area (TPSA) is 258 Å². The summed E-state index contributed by atoms with van der Waals surface area (Å²) in [4.78, 5) is 50.9. The Bertz CT molecular complexity index is 657. The zero-order chi connectivity index (χ0) is 23.1. The number of hydrogen-bond acceptors (Lipinski definition) is 8. The van der Waals surface area contributed by atoms with Gasteiger partial charge in [0.2, 0.25) is 23.4 Å². The number of amides is 2. The Balaban J connectivity index is 4.40. The Labute approximate surface area is 171 Å². The molecule has 14 nitrogen and oxygen atoms in total. The van der Waals surface area contributed by atoms with Crippen LogP contribution in [0.1, 0.15) is 51.4 Å². The van der Waals surface area contributed by atoms with Crippen molar-refractivity contribution < 1.29 is 29.4 Å². The van der Waals surface area contributed by atoms with Gasteiger partial charge in [0.1, 0.15) is 12.2 Å². The molecule has 166 valence electrons. The van der Waals surface area contributed by atoms with Gasteiger partial charge in [0.15, 0.2) is 0 Å². The molecule has 0 aliphatic carbocycles. The maximum atomic E-state index is 12.1. The fourth-order valence-corrected chi connectivity index (χ4v) is 2.51. The lowest BCUT2D eigenvalue weighted by molar-refractivity contribution is -0.147. The highest BCUT2D eigenvalue weighted by Gasteiger charge is 2.34. The second kappa shape index (κ2) is 15.0. The molecular formula is C16H26N8O6. The summed E-state index contributed by atoms with van der Waals surface area (Å²) in [6.07, 6.45) is -2.17. The van der Waals surface area contributed by atoms with Crippen LogP contribution in [0, 0.1) is 0 Å². The third kappa shape index (κ3) is 10.6. The normalized spacial score (nSPS) is 14.4. The van der Waals surface area contributed by atoms with Crippen LogP contribution >= 0.6 is 0 Å². The van der Waals surface area contributed by atoms with Gasteiger partial charge < -0.3 is 21.7 Å². The zero-order valence-electron chi connectivity index (χ0n) is 16.3. The van der Waals surface area contributed by atoms with Gasteiger partial charge in [0.25, 0.3) is 0 Å². The fourth-order valence-electron chi connectivity index (χ4n) is 2.51. The van der Waals surface area contributed by atoms with E-state index in [4.69, 9.17) is 22.5 Å². The number of ketones is 2. The number of carbonyl (C=O) groups excluding carboxylic acids is 4. The van der Waals surface area contributed by atoms with Gasteiger partial charge in [0, 0.05) is 34.7 Å². The van der Waals surface area contributed by atoms with Crippen molar-refractivity contribution in [2.24, 2.45) is 21.7 Å². The number of aliphatic hydroxyl groups excluding tert-OH is 2. The summed E-state index contributed by atoms with van der Waals surface area (Å²) in [6, 6.07) is -2.18. The molecule has 0 aliphatic heterocycles. The van der Waals surface area contributed by atoms with E-state index in [1.807, 2.05) is 0 Å². The number of azide groups is 2. The molecule has 0 aromatic rings. The molecule has 0 radical (unpaired) electrons. The maximum Gasteiger partial charge on any atom is 0.231 e. The lowest BCUT2D eigenvalue weighted by atomic mass is 9.93. The Morgan fingerprint density at radius 2 is 1.07 bits per heavy atom. The van der Waals surface area contributed by atoms with Crippen LogP contribution in [-0.2, 0) is 19.2 Å². The molecule has 0 heterocycles. The van der Waals surface area contributed by atoms with E-state index in [9.17, 15) is 29.4 Å². The molecule has 4 unspecified atom stereocenters. The van der Waals surface area contributed by atoms with Crippen molar-refractivity contribution in [3.05, 3.63) is 20.9 Å². The van der Waals surface area contributed by atoms with Gasteiger partial charge in [-0.2, -0.15) is 0 Å². The monoisotopic (exact) mass is 426 g/mol. The van der Waals surface area contributed by atoms with Crippen LogP contribution in [0.5, 0.6) is 0 Å². The molecular weight excluding hydrogens is 400 g/mol. The molecule has 14 heteroatoms. The molecule has 6 N–H and O–H groups in total. The van der Waals surface area contributed by atoms with Crippen molar-refractivity contribution >= 4 is 23.4 Å². The third-order valence-electron chi connectivity index (χ3n) is 4.26. The van der Waals surface area contributed by atoms with Crippen LogP contribution in [-0.4, -0.2) is 57.9 Å². The maximum absolute atomic E-state index is 12.1. The number of carbonyl (C=O) groups is 4. The van der Waals surface area contributed by atoms with Crippen LogP contribution in [0.15, 0.2) is 10.2 Å². The lowest BCUT2D eigenvalue weighted by Gasteiger charge is -2.21. The fraction of sp³-hybridized carbons (Fsp3) is 0.750. The molecule has 0 aromatic carbocycles. The highest BCUT2D eigenvalue weighted by molar-refractivity contribution is 6.40. The number of hydrogen-bond donors (Lipinski definition) is 4. The highest BCUT2D eigenvalue weighted by atomic mass is 16.3. The first kappa shape index (κ1) is 27.1. The first-order valence-electron chi connectivity index (χ1n) is 9.26. The summed E-state index contributed by atoms with van der Waals surface area (Å²) in [7, 11) is 0. The predicted octanol–water partition coefficient (Wildman–Crippen LogP) is 0.296. The number of aliphatic hydroxyl groups is 2. The highest BCUT2D eigenvalue weighted by Crippen LogP contribution is 2.11. The van der Waals surface area contributed by atoms with Crippen LogP contribution in [0.3, 0.4) is 0 Å². The number of unbranched alkanes of at least 4 members (excludes halogenated alkanes) is 2. The number of nitrogens with two attached hydrogens (primary N) is 2. The minimum atomic E-state index is -1.84. The zero-order valence-corrected chi connectivity index (χ0v) is 16.3. The van der Waals surface area contributed by atoms with E-state index < -0.39 is 47.7 Å². The number of rotatable bonds is 15. The predicted molar refractivity (Wildman–Crippen MR) is 103 cm³/mol. The Morgan fingerprint density at radius 1 is 0.733 bits per heavy atom. The average Bonchev–Trinajstić information content (AvgIpc) is 2.72. The van der Waals surface area contributed by atoms with E-state index in [2.05, 4.69) is 20.1 Å². The molecule has 0 fully saturated rings. The standard InChI is InChI=1S/C16H26N8O6/c17-9(5-1-3-7-11(25)21-23-19)13(27)15(29)16(30)14(28)10(18)6-2-4-8-12(26)22-24-20/h9-10,13-14,27-28H,1-8,17-18H2. The van der Waals surface area contributed by atoms with Crippen molar-refractivity contribution in [3.8, 4) is 0 Å². The largest absolute Gasteiger partial charge is 0.383 e. The quantitative estimate of drug-likeness (QED) is 0.0927. The SMILES string of the molecule is [N-]=[N+]=NC(=O)CCCCC(N)C(O)C(=O)C(=O)C(O)C(N)CCCCC(=O)N=[N+]=[N-]. The van der Waals surface area contributed by atoms with Gasteiger partial charge in [0.05, 0.1) is 0 Å². The molecule has 0 aliphatic rings.